The third-order valence-corrected chi connectivity index (χ3v) is 5.45. The van der Waals surface area contributed by atoms with Crippen LogP contribution in [0.15, 0.2) is 36.4 Å². The third kappa shape index (κ3) is 4.98. The monoisotopic (exact) mass is 382 g/mol. The summed E-state index contributed by atoms with van der Waals surface area (Å²) in [6.45, 7) is 9.97. The van der Waals surface area contributed by atoms with Crippen molar-refractivity contribution in [2.75, 3.05) is 31.3 Å². The average Bonchev–Trinajstić information content (AvgIpc) is 2.60. The Labute approximate surface area is 168 Å². The Hall–Kier alpha value is -2.66. The van der Waals surface area contributed by atoms with Gasteiger partial charge in [-0.15, -0.1) is 0 Å². The number of para-hydroxylation sites is 2. The van der Waals surface area contributed by atoms with Crippen LogP contribution in [0.1, 0.15) is 29.2 Å². The van der Waals surface area contributed by atoms with Gasteiger partial charge in [0, 0.05) is 11.4 Å². The van der Waals surface area contributed by atoms with Crippen molar-refractivity contribution in [3.8, 4) is 0 Å². The molecule has 0 spiro atoms. The van der Waals surface area contributed by atoms with Crippen molar-refractivity contribution >= 4 is 23.2 Å². The first-order chi connectivity index (χ1) is 13.0. The van der Waals surface area contributed by atoms with E-state index in [2.05, 4.69) is 10.6 Å². The minimum absolute atomic E-state index is 0.0951. The third-order valence-electron chi connectivity index (χ3n) is 5.45. The lowest BCUT2D eigenvalue weighted by Gasteiger charge is -2.34. The van der Waals surface area contributed by atoms with Gasteiger partial charge in [0.25, 0.3) is 11.8 Å². The minimum Gasteiger partial charge on any atom is -0.321 e. The smallest absolute Gasteiger partial charge is 0.282 e. The van der Waals surface area contributed by atoms with Crippen molar-refractivity contribution in [2.24, 2.45) is 0 Å². The molecule has 2 amide bonds. The van der Waals surface area contributed by atoms with Crippen LogP contribution in [-0.2, 0) is 9.59 Å². The number of carbonyl (C=O) groups is 2. The molecule has 1 unspecified atom stereocenters. The predicted octanol–water partition coefficient (Wildman–Crippen LogP) is 3.96. The van der Waals surface area contributed by atoms with E-state index < -0.39 is 0 Å². The summed E-state index contributed by atoms with van der Waals surface area (Å²) in [5, 5.41) is 6.05. The number of carbonyl (C=O) groups excluding carboxylic acids is 2. The van der Waals surface area contributed by atoms with Gasteiger partial charge >= 0.3 is 0 Å². The first kappa shape index (κ1) is 21.6. The molecule has 28 heavy (non-hydrogen) atoms. The lowest BCUT2D eigenvalue weighted by molar-refractivity contribution is -0.895. The second kappa shape index (κ2) is 8.57. The second-order valence-electron chi connectivity index (χ2n) is 8.18. The molecule has 0 bridgehead atoms. The second-order valence-corrected chi connectivity index (χ2v) is 8.18. The van der Waals surface area contributed by atoms with Crippen molar-refractivity contribution in [1.29, 1.82) is 0 Å². The number of rotatable bonds is 6. The highest BCUT2D eigenvalue weighted by atomic mass is 16.2. The zero-order valence-corrected chi connectivity index (χ0v) is 18.0. The number of quaternary nitrogens is 1. The summed E-state index contributed by atoms with van der Waals surface area (Å²) >= 11 is 0. The summed E-state index contributed by atoms with van der Waals surface area (Å²) in [7, 11) is 3.80. The SMILES string of the molecule is Cc1cccc(C)c1NC(=O)C[N+](C)(C)C(C)C(=O)Nc1c(C)cccc1C. The van der Waals surface area contributed by atoms with E-state index in [1.54, 1.807) is 0 Å². The zero-order chi connectivity index (χ0) is 21.1. The number of hydrogen-bond donors (Lipinski definition) is 2. The molecule has 2 N–H and O–H groups in total. The van der Waals surface area contributed by atoms with Crippen molar-refractivity contribution in [2.45, 2.75) is 40.7 Å². The van der Waals surface area contributed by atoms with Crippen LogP contribution in [0.25, 0.3) is 0 Å². The van der Waals surface area contributed by atoms with Crippen molar-refractivity contribution < 1.29 is 14.1 Å². The molecule has 0 aromatic heterocycles. The Balaban J connectivity index is 2.08. The molecular weight excluding hydrogens is 350 g/mol. The van der Waals surface area contributed by atoms with Crippen LogP contribution < -0.4 is 10.6 Å². The van der Waals surface area contributed by atoms with Crippen LogP contribution >= 0.6 is 0 Å². The standard InChI is InChI=1S/C23H31N3O2/c1-15-10-8-11-16(2)21(15)24-20(27)14-26(6,7)19(5)23(28)25-22-17(3)12-9-13-18(22)4/h8-13,19H,14H2,1-7H3,(H-,24,25,27,28)/p+1. The lowest BCUT2D eigenvalue weighted by Crippen LogP contribution is -2.56. The fourth-order valence-corrected chi connectivity index (χ4v) is 3.25. The van der Waals surface area contributed by atoms with Gasteiger partial charge in [0.1, 0.15) is 0 Å². The van der Waals surface area contributed by atoms with Crippen LogP contribution in [-0.4, -0.2) is 43.0 Å². The van der Waals surface area contributed by atoms with Gasteiger partial charge in [-0.25, -0.2) is 0 Å². The van der Waals surface area contributed by atoms with Gasteiger partial charge in [-0.2, -0.15) is 0 Å². The first-order valence-electron chi connectivity index (χ1n) is 9.58. The molecule has 5 heteroatoms. The largest absolute Gasteiger partial charge is 0.321 e. The molecule has 0 aliphatic heterocycles. The summed E-state index contributed by atoms with van der Waals surface area (Å²) in [5.41, 5.74) is 5.80. The number of amides is 2. The Morgan fingerprint density at radius 1 is 0.821 bits per heavy atom. The van der Waals surface area contributed by atoms with E-state index in [-0.39, 0.29) is 28.9 Å². The van der Waals surface area contributed by atoms with Gasteiger partial charge in [0.2, 0.25) is 0 Å². The van der Waals surface area contributed by atoms with Crippen molar-refractivity contribution in [1.82, 2.24) is 0 Å². The summed E-state index contributed by atoms with van der Waals surface area (Å²) in [6, 6.07) is 11.5. The van der Waals surface area contributed by atoms with Gasteiger partial charge in [0.05, 0.1) is 14.1 Å². The number of anilines is 2. The molecule has 0 aliphatic rings. The van der Waals surface area contributed by atoms with Gasteiger partial charge in [-0.05, 0) is 56.9 Å². The number of benzene rings is 2. The van der Waals surface area contributed by atoms with E-state index >= 15 is 0 Å². The summed E-state index contributed by atoms with van der Waals surface area (Å²) in [4.78, 5) is 25.5. The van der Waals surface area contributed by atoms with E-state index in [0.29, 0.717) is 0 Å². The number of aryl methyl sites for hydroxylation is 4. The van der Waals surface area contributed by atoms with Gasteiger partial charge in [-0.1, -0.05) is 36.4 Å². The van der Waals surface area contributed by atoms with Crippen LogP contribution in [0.3, 0.4) is 0 Å². The van der Waals surface area contributed by atoms with Gasteiger partial charge < -0.3 is 15.1 Å². The van der Waals surface area contributed by atoms with Crippen molar-refractivity contribution in [3.63, 3.8) is 0 Å². The number of nitrogens with one attached hydrogen (secondary N) is 2. The molecule has 2 aromatic carbocycles. The maximum Gasteiger partial charge on any atom is 0.282 e. The number of hydrogen-bond acceptors (Lipinski definition) is 2. The predicted molar refractivity (Wildman–Crippen MR) is 116 cm³/mol. The Morgan fingerprint density at radius 3 is 1.64 bits per heavy atom. The molecule has 2 rings (SSSR count). The molecule has 0 fully saturated rings. The Bertz CT molecular complexity index is 847. The highest BCUT2D eigenvalue weighted by Crippen LogP contribution is 2.22. The summed E-state index contributed by atoms with van der Waals surface area (Å²) in [5.74, 6) is -0.198. The number of nitrogens with zero attached hydrogens (tertiary/aromatic N) is 1. The van der Waals surface area contributed by atoms with Crippen LogP contribution in [0, 0.1) is 27.7 Å². The maximum absolute atomic E-state index is 12.9. The average molecular weight is 383 g/mol. The van der Waals surface area contributed by atoms with E-state index in [9.17, 15) is 9.59 Å². The van der Waals surface area contributed by atoms with E-state index in [0.717, 1.165) is 33.6 Å². The minimum atomic E-state index is -0.386. The molecule has 5 nitrogen and oxygen atoms in total. The van der Waals surface area contributed by atoms with Crippen LogP contribution in [0.2, 0.25) is 0 Å². The molecule has 0 saturated heterocycles. The Morgan fingerprint density at radius 2 is 1.21 bits per heavy atom. The van der Waals surface area contributed by atoms with E-state index in [4.69, 9.17) is 0 Å². The zero-order valence-electron chi connectivity index (χ0n) is 18.0. The normalized spacial score (nSPS) is 12.4. The summed E-state index contributed by atoms with van der Waals surface area (Å²) in [6.07, 6.45) is 0. The molecule has 150 valence electrons. The first-order valence-corrected chi connectivity index (χ1v) is 9.58. The molecular formula is C23H32N3O2+. The molecule has 1 atom stereocenters. The molecule has 0 radical (unpaired) electrons. The summed E-state index contributed by atoms with van der Waals surface area (Å²) < 4.78 is 0.257. The highest BCUT2D eigenvalue weighted by molar-refractivity contribution is 5.96. The molecule has 2 aromatic rings. The molecule has 0 saturated carbocycles. The van der Waals surface area contributed by atoms with Crippen LogP contribution in [0.5, 0.6) is 0 Å². The maximum atomic E-state index is 12.9. The molecule has 0 aliphatic carbocycles. The highest BCUT2D eigenvalue weighted by Gasteiger charge is 2.33. The van der Waals surface area contributed by atoms with Gasteiger partial charge in [-0.3, -0.25) is 9.59 Å². The van der Waals surface area contributed by atoms with Crippen molar-refractivity contribution in [3.05, 3.63) is 58.7 Å². The lowest BCUT2D eigenvalue weighted by atomic mass is 10.1. The van der Waals surface area contributed by atoms with E-state index in [1.165, 1.54) is 0 Å². The van der Waals surface area contributed by atoms with Crippen LogP contribution in [0.4, 0.5) is 11.4 Å². The molecule has 0 heterocycles. The van der Waals surface area contributed by atoms with Gasteiger partial charge in [0.15, 0.2) is 12.6 Å². The fraction of sp³-hybridized carbons (Fsp3) is 0.391. The van der Waals surface area contributed by atoms with E-state index in [1.807, 2.05) is 85.1 Å². The fourth-order valence-electron chi connectivity index (χ4n) is 3.25. The topological polar surface area (TPSA) is 58.2 Å². The quantitative estimate of drug-likeness (QED) is 0.743. The number of likely N-dealkylation sites (N-methyl/N-ethyl adjacent to an activating group) is 1. The Kier molecular flexibility index (Phi) is 6.62.